The maximum Gasteiger partial charge on any atom is 0.254 e. The van der Waals surface area contributed by atoms with Gasteiger partial charge in [-0.15, -0.1) is 11.8 Å². The van der Waals surface area contributed by atoms with Crippen LogP contribution in [0.5, 0.6) is 0 Å². The maximum atomic E-state index is 13.0. The highest BCUT2D eigenvalue weighted by Crippen LogP contribution is 2.32. The van der Waals surface area contributed by atoms with E-state index in [1.807, 2.05) is 65.6 Å². The number of hydrogen-bond acceptors (Lipinski definition) is 4. The number of likely N-dealkylation sites (tertiary alicyclic amines) is 1. The van der Waals surface area contributed by atoms with Crippen molar-refractivity contribution < 1.29 is 4.79 Å². The number of aromatic nitrogens is 2. The van der Waals surface area contributed by atoms with Gasteiger partial charge < -0.3 is 4.90 Å². The van der Waals surface area contributed by atoms with Crippen LogP contribution in [0.1, 0.15) is 40.5 Å². The monoisotopic (exact) mass is 375 g/mol. The van der Waals surface area contributed by atoms with Crippen molar-refractivity contribution >= 4 is 17.7 Å². The van der Waals surface area contributed by atoms with E-state index in [1.165, 1.54) is 5.56 Å². The van der Waals surface area contributed by atoms with Crippen LogP contribution in [0.4, 0.5) is 0 Å². The fraction of sp³-hybridized carbons (Fsp3) is 0.227. The topological polar surface area (TPSA) is 46.1 Å². The lowest BCUT2D eigenvalue weighted by molar-refractivity contribution is 0.0733. The molecule has 3 aromatic rings. The summed E-state index contributed by atoms with van der Waals surface area (Å²) in [6.07, 6.45) is 5.59. The van der Waals surface area contributed by atoms with Gasteiger partial charge in [-0.25, -0.2) is 4.98 Å². The zero-order valence-electron chi connectivity index (χ0n) is 15.0. The van der Waals surface area contributed by atoms with Gasteiger partial charge in [-0.3, -0.25) is 9.78 Å². The van der Waals surface area contributed by atoms with E-state index in [0.29, 0.717) is 0 Å². The molecule has 4 rings (SSSR count). The van der Waals surface area contributed by atoms with Crippen molar-refractivity contribution in [3.8, 4) is 0 Å². The molecule has 1 aromatic carbocycles. The van der Waals surface area contributed by atoms with Gasteiger partial charge in [-0.2, -0.15) is 0 Å². The Labute approximate surface area is 163 Å². The highest BCUT2D eigenvalue weighted by molar-refractivity contribution is 7.98. The first kappa shape index (κ1) is 17.7. The molecule has 0 aliphatic carbocycles. The number of thioether (sulfide) groups is 1. The van der Waals surface area contributed by atoms with Crippen LogP contribution < -0.4 is 0 Å². The zero-order valence-corrected chi connectivity index (χ0v) is 15.8. The first-order chi connectivity index (χ1) is 13.3. The van der Waals surface area contributed by atoms with Crippen LogP contribution in [0.25, 0.3) is 0 Å². The second-order valence-electron chi connectivity index (χ2n) is 6.56. The molecule has 3 heterocycles. The van der Waals surface area contributed by atoms with Crippen LogP contribution in [-0.2, 0) is 5.75 Å². The number of benzene rings is 1. The average Bonchev–Trinajstić information content (AvgIpc) is 3.23. The molecule has 0 spiro atoms. The van der Waals surface area contributed by atoms with Crippen molar-refractivity contribution in [3.63, 3.8) is 0 Å². The van der Waals surface area contributed by atoms with Gasteiger partial charge in [0.1, 0.15) is 0 Å². The van der Waals surface area contributed by atoms with Crippen molar-refractivity contribution in [2.75, 3.05) is 6.54 Å². The van der Waals surface area contributed by atoms with E-state index in [-0.39, 0.29) is 11.9 Å². The van der Waals surface area contributed by atoms with E-state index in [0.717, 1.165) is 41.4 Å². The third-order valence-corrected chi connectivity index (χ3v) is 5.78. The van der Waals surface area contributed by atoms with Crippen LogP contribution in [0, 0.1) is 0 Å². The van der Waals surface area contributed by atoms with Crippen LogP contribution >= 0.6 is 11.8 Å². The van der Waals surface area contributed by atoms with Crippen molar-refractivity contribution in [1.29, 1.82) is 0 Å². The summed E-state index contributed by atoms with van der Waals surface area (Å²) in [5, 5.41) is 1.01. The summed E-state index contributed by atoms with van der Waals surface area (Å²) in [6, 6.07) is 19.8. The second-order valence-corrected chi connectivity index (χ2v) is 7.56. The van der Waals surface area contributed by atoms with Crippen LogP contribution in [0.2, 0.25) is 0 Å². The molecule has 0 N–H and O–H groups in total. The van der Waals surface area contributed by atoms with E-state index >= 15 is 0 Å². The van der Waals surface area contributed by atoms with Gasteiger partial charge in [0.15, 0.2) is 0 Å². The van der Waals surface area contributed by atoms with Crippen molar-refractivity contribution in [3.05, 3.63) is 89.9 Å². The summed E-state index contributed by atoms with van der Waals surface area (Å²) in [4.78, 5) is 23.7. The fourth-order valence-corrected chi connectivity index (χ4v) is 4.21. The molecule has 0 unspecified atom stereocenters. The number of hydrogen-bond donors (Lipinski definition) is 0. The predicted octanol–water partition coefficient (Wildman–Crippen LogP) is 4.75. The Morgan fingerprint density at radius 2 is 1.78 bits per heavy atom. The number of rotatable bonds is 5. The van der Waals surface area contributed by atoms with E-state index in [1.54, 1.807) is 24.2 Å². The molecule has 5 heteroatoms. The van der Waals surface area contributed by atoms with Crippen LogP contribution in [0.15, 0.2) is 78.1 Å². The number of nitrogens with zero attached hydrogens (tertiary/aromatic N) is 3. The quantitative estimate of drug-likeness (QED) is 0.604. The van der Waals surface area contributed by atoms with Gasteiger partial charge in [0, 0.05) is 30.3 Å². The Hall–Kier alpha value is -2.66. The molecule has 1 atom stereocenters. The number of carbonyl (C=O) groups is 1. The van der Waals surface area contributed by atoms with E-state index in [9.17, 15) is 4.79 Å². The summed E-state index contributed by atoms with van der Waals surface area (Å²) in [7, 11) is 0. The second kappa shape index (κ2) is 8.35. The molecule has 0 radical (unpaired) electrons. The molecule has 2 aromatic heterocycles. The molecule has 1 saturated heterocycles. The van der Waals surface area contributed by atoms with Crippen molar-refractivity contribution in [2.45, 2.75) is 29.7 Å². The first-order valence-corrected chi connectivity index (χ1v) is 10.1. The molecular formula is C22H21N3OS. The summed E-state index contributed by atoms with van der Waals surface area (Å²) in [5.41, 5.74) is 2.90. The van der Waals surface area contributed by atoms with Crippen molar-refractivity contribution in [1.82, 2.24) is 14.9 Å². The van der Waals surface area contributed by atoms with E-state index in [4.69, 9.17) is 0 Å². The molecular weight excluding hydrogens is 354 g/mol. The predicted molar refractivity (Wildman–Crippen MR) is 107 cm³/mol. The largest absolute Gasteiger partial charge is 0.330 e. The standard InChI is InChI=1S/C22H21N3OS/c26-22(25-15-5-7-20(25)19-6-1-3-13-23-19)18-11-9-17(10-12-18)16-27-21-8-2-4-14-24-21/h1-4,6,8-14,20H,5,7,15-16H2/t20-/m0/s1. The fourth-order valence-electron chi connectivity index (χ4n) is 3.39. The lowest BCUT2D eigenvalue weighted by Gasteiger charge is -2.24. The van der Waals surface area contributed by atoms with Crippen molar-refractivity contribution in [2.24, 2.45) is 0 Å². The number of pyridine rings is 2. The zero-order chi connectivity index (χ0) is 18.5. The van der Waals surface area contributed by atoms with Gasteiger partial charge >= 0.3 is 0 Å². The van der Waals surface area contributed by atoms with Gasteiger partial charge in [-0.05, 0) is 54.8 Å². The minimum Gasteiger partial charge on any atom is -0.330 e. The SMILES string of the molecule is O=C(c1ccc(CSc2ccccn2)cc1)N1CCC[C@H]1c1ccccn1. The minimum atomic E-state index is 0.0816. The van der Waals surface area contributed by atoms with E-state index in [2.05, 4.69) is 9.97 Å². The van der Waals surface area contributed by atoms with Gasteiger partial charge in [-0.1, -0.05) is 24.3 Å². The van der Waals surface area contributed by atoms with Gasteiger partial charge in [0.25, 0.3) is 5.91 Å². The minimum absolute atomic E-state index is 0.0816. The van der Waals surface area contributed by atoms with Crippen LogP contribution in [0.3, 0.4) is 0 Å². The molecule has 0 saturated carbocycles. The molecule has 0 bridgehead atoms. The lowest BCUT2D eigenvalue weighted by atomic mass is 10.1. The Kier molecular flexibility index (Phi) is 5.49. The lowest BCUT2D eigenvalue weighted by Crippen LogP contribution is -2.30. The summed E-state index contributed by atoms with van der Waals surface area (Å²) >= 11 is 1.70. The first-order valence-electron chi connectivity index (χ1n) is 9.16. The van der Waals surface area contributed by atoms with Gasteiger partial charge in [0.05, 0.1) is 16.8 Å². The molecule has 1 amide bonds. The Balaban J connectivity index is 1.43. The Bertz CT molecular complexity index is 884. The Morgan fingerprint density at radius 3 is 2.48 bits per heavy atom. The highest BCUT2D eigenvalue weighted by atomic mass is 32.2. The summed E-state index contributed by atoms with van der Waals surface area (Å²) < 4.78 is 0. The third kappa shape index (κ3) is 4.19. The molecule has 1 aliphatic rings. The number of amides is 1. The highest BCUT2D eigenvalue weighted by Gasteiger charge is 2.31. The Morgan fingerprint density at radius 1 is 1.00 bits per heavy atom. The average molecular weight is 375 g/mol. The molecule has 136 valence electrons. The number of carbonyl (C=O) groups excluding carboxylic acids is 1. The van der Waals surface area contributed by atoms with E-state index < -0.39 is 0 Å². The van der Waals surface area contributed by atoms with Gasteiger partial charge in [0.2, 0.25) is 0 Å². The van der Waals surface area contributed by atoms with Crippen LogP contribution in [-0.4, -0.2) is 27.3 Å². The third-order valence-electron chi connectivity index (χ3n) is 4.77. The molecule has 1 aliphatic heterocycles. The maximum absolute atomic E-state index is 13.0. The summed E-state index contributed by atoms with van der Waals surface area (Å²) in [6.45, 7) is 0.789. The smallest absolute Gasteiger partial charge is 0.254 e. The molecule has 1 fully saturated rings. The molecule has 27 heavy (non-hydrogen) atoms. The summed E-state index contributed by atoms with van der Waals surface area (Å²) in [5.74, 6) is 0.929. The normalized spacial score (nSPS) is 16.4. The molecule has 4 nitrogen and oxygen atoms in total.